The molecule has 17 heavy (non-hydrogen) atoms. The molecule has 0 spiro atoms. The van der Waals surface area contributed by atoms with Crippen LogP contribution in [0.15, 0.2) is 12.1 Å². The van der Waals surface area contributed by atoms with Crippen molar-refractivity contribution in [3.63, 3.8) is 0 Å². The molecular formula is C13H20FNO2. The van der Waals surface area contributed by atoms with Crippen molar-refractivity contribution in [1.82, 2.24) is 0 Å². The van der Waals surface area contributed by atoms with Crippen LogP contribution in [0, 0.1) is 5.82 Å². The Labute approximate surface area is 102 Å². The first kappa shape index (κ1) is 13.9. The van der Waals surface area contributed by atoms with Crippen LogP contribution in [-0.2, 0) is 17.8 Å². The van der Waals surface area contributed by atoms with Gasteiger partial charge in [0, 0.05) is 7.11 Å². The molecule has 0 bridgehead atoms. The summed E-state index contributed by atoms with van der Waals surface area (Å²) in [6, 6.07) is 3.23. The highest BCUT2D eigenvalue weighted by Gasteiger charge is 2.13. The highest BCUT2D eigenvalue weighted by molar-refractivity contribution is 5.42. The molecule has 0 aliphatic rings. The molecule has 0 aliphatic carbocycles. The minimum Gasteiger partial charge on any atom is -0.496 e. The molecule has 3 nitrogen and oxygen atoms in total. The minimum absolute atomic E-state index is 0.222. The lowest BCUT2D eigenvalue weighted by Gasteiger charge is -2.14. The summed E-state index contributed by atoms with van der Waals surface area (Å²) in [5.74, 6) is 0.315. The summed E-state index contributed by atoms with van der Waals surface area (Å²) >= 11 is 0. The average molecular weight is 241 g/mol. The monoisotopic (exact) mass is 241 g/mol. The van der Waals surface area contributed by atoms with E-state index in [9.17, 15) is 4.39 Å². The van der Waals surface area contributed by atoms with Gasteiger partial charge < -0.3 is 15.2 Å². The number of hydrogen-bond acceptors (Lipinski definition) is 3. The van der Waals surface area contributed by atoms with Crippen LogP contribution in [0.3, 0.4) is 0 Å². The number of aryl methyl sites for hydroxylation is 1. The zero-order chi connectivity index (χ0) is 12.7. The highest BCUT2D eigenvalue weighted by atomic mass is 19.1. The number of hydrogen-bond donors (Lipinski definition) is 1. The van der Waals surface area contributed by atoms with Gasteiger partial charge in [-0.25, -0.2) is 4.39 Å². The zero-order valence-electron chi connectivity index (χ0n) is 10.5. The van der Waals surface area contributed by atoms with Crippen LogP contribution in [0.1, 0.15) is 24.0 Å². The van der Waals surface area contributed by atoms with Crippen LogP contribution >= 0.6 is 0 Å². The number of unbranched alkanes of at least 4 members (excludes halogenated alkanes) is 1. The quantitative estimate of drug-likeness (QED) is 0.745. The van der Waals surface area contributed by atoms with Gasteiger partial charge in [0.15, 0.2) is 0 Å². The molecule has 1 rings (SSSR count). The molecule has 0 aliphatic heterocycles. The van der Waals surface area contributed by atoms with Crippen molar-refractivity contribution in [2.24, 2.45) is 5.73 Å². The molecular weight excluding hydrogens is 221 g/mol. The minimum atomic E-state index is -0.286. The van der Waals surface area contributed by atoms with Crippen molar-refractivity contribution in [2.75, 3.05) is 20.8 Å². The Morgan fingerprint density at radius 2 is 2.00 bits per heavy atom. The maximum absolute atomic E-state index is 13.6. The van der Waals surface area contributed by atoms with E-state index in [0.29, 0.717) is 17.9 Å². The van der Waals surface area contributed by atoms with Gasteiger partial charge >= 0.3 is 0 Å². The van der Waals surface area contributed by atoms with Crippen molar-refractivity contribution in [3.05, 3.63) is 29.1 Å². The molecule has 1 aromatic carbocycles. The van der Waals surface area contributed by atoms with E-state index in [-0.39, 0.29) is 12.4 Å². The van der Waals surface area contributed by atoms with Crippen LogP contribution in [0.5, 0.6) is 5.75 Å². The SMILES string of the molecule is COCc1c(F)ccc(CCCCN)c1OC. The van der Waals surface area contributed by atoms with Crippen molar-refractivity contribution < 1.29 is 13.9 Å². The number of methoxy groups -OCH3 is 2. The third kappa shape index (κ3) is 3.68. The van der Waals surface area contributed by atoms with Gasteiger partial charge in [0.2, 0.25) is 0 Å². The normalized spacial score (nSPS) is 10.6. The molecule has 2 N–H and O–H groups in total. The molecule has 0 atom stereocenters. The summed E-state index contributed by atoms with van der Waals surface area (Å²) < 4.78 is 23.9. The standard InChI is InChI=1S/C13H20FNO2/c1-16-9-11-12(14)7-6-10(13(11)17-2)5-3-4-8-15/h6-7H,3-5,8-9,15H2,1-2H3. The van der Waals surface area contributed by atoms with Gasteiger partial charge in [-0.05, 0) is 37.4 Å². The van der Waals surface area contributed by atoms with Gasteiger partial charge in [-0.3, -0.25) is 0 Å². The Hall–Kier alpha value is -1.13. The molecule has 0 aromatic heterocycles. The van der Waals surface area contributed by atoms with Crippen molar-refractivity contribution in [1.29, 1.82) is 0 Å². The Balaban J connectivity index is 2.92. The number of benzene rings is 1. The maximum atomic E-state index is 13.6. The Morgan fingerprint density at radius 3 is 2.59 bits per heavy atom. The summed E-state index contributed by atoms with van der Waals surface area (Å²) in [7, 11) is 3.10. The Bertz CT molecular complexity index is 356. The van der Waals surface area contributed by atoms with E-state index in [2.05, 4.69) is 0 Å². The van der Waals surface area contributed by atoms with Crippen LogP contribution in [0.4, 0.5) is 4.39 Å². The van der Waals surface area contributed by atoms with E-state index >= 15 is 0 Å². The van der Waals surface area contributed by atoms with Gasteiger partial charge in [-0.2, -0.15) is 0 Å². The first-order valence-electron chi connectivity index (χ1n) is 5.77. The molecule has 0 saturated carbocycles. The topological polar surface area (TPSA) is 44.5 Å². The Kier molecular flexibility index (Phi) is 5.94. The molecule has 96 valence electrons. The van der Waals surface area contributed by atoms with Crippen molar-refractivity contribution in [2.45, 2.75) is 25.9 Å². The fraction of sp³-hybridized carbons (Fsp3) is 0.538. The van der Waals surface area contributed by atoms with Crippen LogP contribution < -0.4 is 10.5 Å². The van der Waals surface area contributed by atoms with Crippen molar-refractivity contribution in [3.8, 4) is 5.75 Å². The molecule has 0 saturated heterocycles. The number of nitrogens with two attached hydrogens (primary N) is 1. The van der Waals surface area contributed by atoms with E-state index in [0.717, 1.165) is 24.8 Å². The average Bonchev–Trinajstić information content (AvgIpc) is 2.33. The lowest BCUT2D eigenvalue weighted by molar-refractivity contribution is 0.177. The summed E-state index contributed by atoms with van der Waals surface area (Å²) in [6.07, 6.45) is 2.78. The van der Waals surface area contributed by atoms with Gasteiger partial charge in [0.05, 0.1) is 19.3 Å². The van der Waals surface area contributed by atoms with Crippen LogP contribution in [0.25, 0.3) is 0 Å². The molecule has 0 unspecified atom stereocenters. The smallest absolute Gasteiger partial charge is 0.132 e. The fourth-order valence-electron chi connectivity index (χ4n) is 1.84. The van der Waals surface area contributed by atoms with E-state index in [1.807, 2.05) is 0 Å². The maximum Gasteiger partial charge on any atom is 0.132 e. The first-order chi connectivity index (χ1) is 8.24. The molecule has 4 heteroatoms. The number of rotatable bonds is 7. The van der Waals surface area contributed by atoms with Gasteiger partial charge in [-0.15, -0.1) is 0 Å². The second-order valence-electron chi connectivity index (χ2n) is 3.90. The second kappa shape index (κ2) is 7.25. The Morgan fingerprint density at radius 1 is 1.24 bits per heavy atom. The van der Waals surface area contributed by atoms with Crippen LogP contribution in [0.2, 0.25) is 0 Å². The van der Waals surface area contributed by atoms with E-state index in [4.69, 9.17) is 15.2 Å². The fourth-order valence-corrected chi connectivity index (χ4v) is 1.84. The third-order valence-electron chi connectivity index (χ3n) is 2.68. The second-order valence-corrected chi connectivity index (χ2v) is 3.90. The predicted octanol–water partition coefficient (Wildman–Crippen LogP) is 2.26. The molecule has 0 radical (unpaired) electrons. The number of ether oxygens (including phenoxy) is 2. The van der Waals surface area contributed by atoms with Crippen molar-refractivity contribution >= 4 is 0 Å². The molecule has 1 aromatic rings. The number of halogens is 1. The highest BCUT2D eigenvalue weighted by Crippen LogP contribution is 2.28. The van der Waals surface area contributed by atoms with Crippen LogP contribution in [-0.4, -0.2) is 20.8 Å². The molecule has 0 amide bonds. The van der Waals surface area contributed by atoms with Gasteiger partial charge in [0.25, 0.3) is 0 Å². The van der Waals surface area contributed by atoms with Gasteiger partial charge in [0.1, 0.15) is 11.6 Å². The molecule has 0 heterocycles. The summed E-state index contributed by atoms with van der Waals surface area (Å²) in [5, 5.41) is 0. The third-order valence-corrected chi connectivity index (χ3v) is 2.68. The summed E-state index contributed by atoms with van der Waals surface area (Å²) in [4.78, 5) is 0. The van der Waals surface area contributed by atoms with E-state index in [1.54, 1.807) is 20.3 Å². The summed E-state index contributed by atoms with van der Waals surface area (Å²) in [6.45, 7) is 0.897. The largest absolute Gasteiger partial charge is 0.496 e. The first-order valence-corrected chi connectivity index (χ1v) is 5.77. The van der Waals surface area contributed by atoms with Gasteiger partial charge in [-0.1, -0.05) is 6.07 Å². The summed E-state index contributed by atoms with van der Waals surface area (Å²) in [5.41, 5.74) is 6.95. The van der Waals surface area contributed by atoms with E-state index < -0.39 is 0 Å². The molecule has 0 fully saturated rings. The lowest BCUT2D eigenvalue weighted by Crippen LogP contribution is -2.03. The zero-order valence-corrected chi connectivity index (χ0v) is 10.5. The van der Waals surface area contributed by atoms with E-state index in [1.165, 1.54) is 6.07 Å². The lowest BCUT2D eigenvalue weighted by atomic mass is 10.0. The predicted molar refractivity (Wildman–Crippen MR) is 65.7 cm³/mol.